The van der Waals surface area contributed by atoms with E-state index in [1.54, 1.807) is 18.0 Å². The highest BCUT2D eigenvalue weighted by Crippen LogP contribution is 2.21. The zero-order valence-corrected chi connectivity index (χ0v) is 12.4. The van der Waals surface area contributed by atoms with Crippen LogP contribution in [0.25, 0.3) is 10.9 Å². The standard InChI is InChI=1S/C15H21N2O3/c1-17(2,3)9-10-20-15(18)13-11-16(19-4)14-8-6-5-7-12(13)14/h5-8,11H,9-10H2,1-4H3/q+1. The SMILES string of the molecule is COn1cc(C(=O)OCC[N+](C)(C)C)c2ccccc21. The lowest BCUT2D eigenvalue weighted by molar-refractivity contribution is -0.870. The number of ether oxygens (including phenoxy) is 1. The third-order valence-corrected chi connectivity index (χ3v) is 3.09. The van der Waals surface area contributed by atoms with Crippen LogP contribution in [0.15, 0.2) is 30.5 Å². The number of hydrogen-bond acceptors (Lipinski definition) is 3. The molecule has 0 saturated carbocycles. The molecule has 5 nitrogen and oxygen atoms in total. The Labute approximate surface area is 118 Å². The van der Waals surface area contributed by atoms with Gasteiger partial charge in [0.15, 0.2) is 0 Å². The molecule has 0 aliphatic heterocycles. The topological polar surface area (TPSA) is 40.5 Å². The summed E-state index contributed by atoms with van der Waals surface area (Å²) in [5.41, 5.74) is 1.39. The van der Waals surface area contributed by atoms with Gasteiger partial charge in [-0.2, -0.15) is 4.73 Å². The van der Waals surface area contributed by atoms with Crippen molar-refractivity contribution in [2.24, 2.45) is 0 Å². The minimum absolute atomic E-state index is 0.314. The number of rotatable bonds is 5. The van der Waals surface area contributed by atoms with Crippen LogP contribution < -0.4 is 4.84 Å². The number of para-hydroxylation sites is 1. The number of nitrogens with zero attached hydrogens (tertiary/aromatic N) is 2. The Morgan fingerprint density at radius 3 is 2.60 bits per heavy atom. The molecule has 2 aromatic rings. The molecular weight excluding hydrogens is 256 g/mol. The summed E-state index contributed by atoms with van der Waals surface area (Å²) in [7, 11) is 7.75. The second-order valence-electron chi connectivity index (χ2n) is 5.72. The van der Waals surface area contributed by atoms with Gasteiger partial charge in [-0.3, -0.25) is 0 Å². The highest BCUT2D eigenvalue weighted by atomic mass is 16.6. The van der Waals surface area contributed by atoms with Crippen molar-refractivity contribution in [3.8, 4) is 0 Å². The lowest BCUT2D eigenvalue weighted by Gasteiger charge is -2.23. The van der Waals surface area contributed by atoms with Crippen molar-refractivity contribution in [3.05, 3.63) is 36.0 Å². The first-order valence-corrected chi connectivity index (χ1v) is 6.54. The molecule has 0 amide bonds. The summed E-state index contributed by atoms with van der Waals surface area (Å²) in [5, 5.41) is 0.838. The second-order valence-corrected chi connectivity index (χ2v) is 5.72. The van der Waals surface area contributed by atoms with E-state index in [0.717, 1.165) is 21.9 Å². The van der Waals surface area contributed by atoms with E-state index in [0.29, 0.717) is 12.2 Å². The Kier molecular flexibility index (Phi) is 3.99. The highest BCUT2D eigenvalue weighted by molar-refractivity contribution is 6.04. The van der Waals surface area contributed by atoms with Gasteiger partial charge in [0.2, 0.25) is 0 Å². The molecule has 0 saturated heterocycles. The number of benzene rings is 1. The van der Waals surface area contributed by atoms with Gasteiger partial charge in [-0.05, 0) is 6.07 Å². The Balaban J connectivity index is 2.18. The second kappa shape index (κ2) is 5.54. The summed E-state index contributed by atoms with van der Waals surface area (Å²) in [5.74, 6) is -0.314. The van der Waals surface area contributed by atoms with E-state index in [1.807, 2.05) is 24.3 Å². The molecule has 0 spiro atoms. The minimum atomic E-state index is -0.314. The van der Waals surface area contributed by atoms with Crippen LogP contribution in [0.3, 0.4) is 0 Å². The van der Waals surface area contributed by atoms with Crippen LogP contribution >= 0.6 is 0 Å². The molecule has 0 unspecified atom stereocenters. The number of esters is 1. The highest BCUT2D eigenvalue weighted by Gasteiger charge is 2.17. The van der Waals surface area contributed by atoms with E-state index in [4.69, 9.17) is 9.57 Å². The van der Waals surface area contributed by atoms with Gasteiger partial charge in [-0.1, -0.05) is 18.2 Å². The number of quaternary nitrogens is 1. The Hall–Kier alpha value is -2.01. The van der Waals surface area contributed by atoms with Crippen LogP contribution in [0, 0.1) is 0 Å². The molecule has 0 bridgehead atoms. The van der Waals surface area contributed by atoms with Gasteiger partial charge in [0.1, 0.15) is 20.3 Å². The summed E-state index contributed by atoms with van der Waals surface area (Å²) in [6, 6.07) is 7.60. The molecule has 0 fully saturated rings. The van der Waals surface area contributed by atoms with E-state index in [2.05, 4.69) is 21.1 Å². The zero-order chi connectivity index (χ0) is 14.8. The summed E-state index contributed by atoms with van der Waals surface area (Å²) >= 11 is 0. The first kappa shape index (κ1) is 14.4. The first-order valence-electron chi connectivity index (χ1n) is 6.54. The number of aromatic nitrogens is 1. The normalized spacial score (nSPS) is 11.6. The van der Waals surface area contributed by atoms with Crippen LogP contribution in [-0.4, -0.2) is 56.6 Å². The van der Waals surface area contributed by atoms with E-state index in [9.17, 15) is 4.79 Å². The quantitative estimate of drug-likeness (QED) is 0.615. The maximum absolute atomic E-state index is 12.2. The van der Waals surface area contributed by atoms with Gasteiger partial charge in [0, 0.05) is 5.39 Å². The molecule has 1 aromatic heterocycles. The number of hydrogen-bond donors (Lipinski definition) is 0. The average Bonchev–Trinajstić information content (AvgIpc) is 2.76. The fraction of sp³-hybridized carbons (Fsp3) is 0.400. The Morgan fingerprint density at radius 2 is 1.95 bits per heavy atom. The lowest BCUT2D eigenvalue weighted by Crippen LogP contribution is -2.38. The van der Waals surface area contributed by atoms with E-state index in [-0.39, 0.29) is 5.97 Å². The van der Waals surface area contributed by atoms with Gasteiger partial charge in [0.05, 0.1) is 38.4 Å². The van der Waals surface area contributed by atoms with Crippen LogP contribution in [0.5, 0.6) is 0 Å². The third-order valence-electron chi connectivity index (χ3n) is 3.09. The number of carbonyl (C=O) groups excluding carboxylic acids is 1. The molecule has 5 heteroatoms. The molecule has 0 aliphatic rings. The van der Waals surface area contributed by atoms with Gasteiger partial charge in [0.25, 0.3) is 0 Å². The molecule has 0 radical (unpaired) electrons. The van der Waals surface area contributed by atoms with Gasteiger partial charge in [-0.15, -0.1) is 0 Å². The van der Waals surface area contributed by atoms with Crippen molar-refractivity contribution in [1.29, 1.82) is 0 Å². The maximum atomic E-state index is 12.2. The third kappa shape index (κ3) is 3.11. The van der Waals surface area contributed by atoms with Crippen LogP contribution in [0.1, 0.15) is 10.4 Å². The maximum Gasteiger partial charge on any atom is 0.340 e. The predicted molar refractivity (Wildman–Crippen MR) is 77.6 cm³/mol. The minimum Gasteiger partial charge on any atom is -0.456 e. The van der Waals surface area contributed by atoms with Crippen molar-refractivity contribution in [2.75, 3.05) is 41.4 Å². The molecular formula is C15H21N2O3+. The lowest BCUT2D eigenvalue weighted by atomic mass is 10.2. The zero-order valence-electron chi connectivity index (χ0n) is 12.4. The van der Waals surface area contributed by atoms with Gasteiger partial charge < -0.3 is 14.1 Å². The summed E-state index contributed by atoms with van der Waals surface area (Å²) in [6.07, 6.45) is 1.67. The predicted octanol–water partition coefficient (Wildman–Crippen LogP) is 1.56. The van der Waals surface area contributed by atoms with Crippen molar-refractivity contribution in [2.45, 2.75) is 0 Å². The van der Waals surface area contributed by atoms with Crippen LogP contribution in [0.4, 0.5) is 0 Å². The molecule has 0 atom stereocenters. The summed E-state index contributed by atoms with van der Waals surface area (Å²) < 4.78 is 7.68. The largest absolute Gasteiger partial charge is 0.456 e. The van der Waals surface area contributed by atoms with Gasteiger partial charge in [-0.25, -0.2) is 4.79 Å². The van der Waals surface area contributed by atoms with Crippen molar-refractivity contribution in [1.82, 2.24) is 4.73 Å². The smallest absolute Gasteiger partial charge is 0.340 e. The molecule has 2 rings (SSSR count). The molecule has 0 N–H and O–H groups in total. The van der Waals surface area contributed by atoms with Crippen molar-refractivity contribution < 1.29 is 18.9 Å². The summed E-state index contributed by atoms with van der Waals surface area (Å²) in [4.78, 5) is 17.4. The summed E-state index contributed by atoms with van der Waals surface area (Å²) in [6.45, 7) is 1.17. The molecule has 0 aliphatic carbocycles. The average molecular weight is 277 g/mol. The van der Waals surface area contributed by atoms with Gasteiger partial charge >= 0.3 is 5.97 Å². The number of likely N-dealkylation sites (N-methyl/N-ethyl adjacent to an activating group) is 1. The fourth-order valence-electron chi connectivity index (χ4n) is 1.95. The molecule has 1 aromatic carbocycles. The molecule has 1 heterocycles. The van der Waals surface area contributed by atoms with Crippen LogP contribution in [0.2, 0.25) is 0 Å². The number of carbonyl (C=O) groups is 1. The Bertz CT molecular complexity index is 611. The van der Waals surface area contributed by atoms with E-state index < -0.39 is 0 Å². The van der Waals surface area contributed by atoms with E-state index in [1.165, 1.54) is 0 Å². The monoisotopic (exact) mass is 277 g/mol. The van der Waals surface area contributed by atoms with Crippen LogP contribution in [-0.2, 0) is 4.74 Å². The van der Waals surface area contributed by atoms with Crippen molar-refractivity contribution in [3.63, 3.8) is 0 Å². The van der Waals surface area contributed by atoms with Crippen molar-refractivity contribution >= 4 is 16.9 Å². The fourth-order valence-corrected chi connectivity index (χ4v) is 1.95. The Morgan fingerprint density at radius 1 is 1.25 bits per heavy atom. The number of fused-ring (bicyclic) bond motifs is 1. The molecule has 108 valence electrons. The van der Waals surface area contributed by atoms with E-state index >= 15 is 0 Å². The molecule has 20 heavy (non-hydrogen) atoms. The first-order chi connectivity index (χ1) is 9.42.